The number of hydrogen-bond acceptors (Lipinski definition) is 5. The molecular weight excluding hydrogens is 98.0 g/mol. The molecule has 0 aliphatic rings. The second-order valence-electron chi connectivity index (χ2n) is 0.200. The Labute approximate surface area is 40.6 Å². The Morgan fingerprint density at radius 3 is 1.00 bits per heavy atom. The maximum atomic E-state index is 6.88. The Hall–Kier alpha value is -1.46. The topological polar surface area (TPSA) is 123 Å². The van der Waals surface area contributed by atoms with Crippen molar-refractivity contribution in [3.8, 4) is 12.5 Å². The molecule has 0 heterocycles. The third-order valence-electron chi connectivity index (χ3n) is 0. The van der Waals surface area contributed by atoms with Gasteiger partial charge in [-0.2, -0.15) is 10.5 Å². The predicted octanol–water partition coefficient (Wildman–Crippen LogP) is -0.158. The summed E-state index contributed by atoms with van der Waals surface area (Å²) in [5, 5.41) is 27.5. The molecule has 40 valence electrons. The number of nitriles is 2. The van der Waals surface area contributed by atoms with E-state index in [1.54, 1.807) is 0 Å². The minimum atomic E-state index is 0. The first-order valence-electron chi connectivity index (χ1n) is 0.894. The highest BCUT2D eigenvalue weighted by Gasteiger charge is 1.16. The lowest BCUT2D eigenvalue weighted by Crippen LogP contribution is -1.27. The first-order valence-corrected chi connectivity index (χ1v) is 0.894. The average molecular weight is 103 g/mol. The van der Waals surface area contributed by atoms with Gasteiger partial charge in [0.05, 0.1) is 0 Å². The number of aliphatic hydroxyl groups is 2. The number of hydrogen-bond donors (Lipinski definition) is 3. The van der Waals surface area contributed by atoms with E-state index in [1.165, 1.54) is 0 Å². The van der Waals surface area contributed by atoms with Crippen molar-refractivity contribution in [3.63, 3.8) is 0 Å². The van der Waals surface area contributed by atoms with Gasteiger partial charge in [-0.25, -0.2) is 0 Å². The largest absolute Gasteiger partial charge is 0.443 e. The molecule has 0 fully saturated rings. The molecule has 0 unspecified atom stereocenters. The Kier molecular flexibility index (Phi) is 493. The SMILES string of the molecule is N.N#CO.N#CO. The van der Waals surface area contributed by atoms with Gasteiger partial charge in [-0.3, -0.25) is 0 Å². The van der Waals surface area contributed by atoms with E-state index in [-0.39, 0.29) is 6.15 Å². The lowest BCUT2D eigenvalue weighted by Gasteiger charge is -1.25. The molecule has 0 radical (unpaired) electrons. The van der Waals surface area contributed by atoms with Crippen LogP contribution in [0.4, 0.5) is 0 Å². The summed E-state index contributed by atoms with van der Waals surface area (Å²) < 4.78 is 0. The molecule has 0 rings (SSSR count). The Morgan fingerprint density at radius 1 is 1.00 bits per heavy atom. The van der Waals surface area contributed by atoms with Gasteiger partial charge in [-0.05, 0) is 0 Å². The van der Waals surface area contributed by atoms with Crippen LogP contribution in [0.1, 0.15) is 0 Å². The van der Waals surface area contributed by atoms with Crippen LogP contribution in [-0.4, -0.2) is 10.2 Å². The highest BCUT2D eigenvalue weighted by molar-refractivity contribution is 4.31. The van der Waals surface area contributed by atoms with Crippen molar-refractivity contribution >= 4 is 0 Å². The third kappa shape index (κ3) is 13.7. The minimum absolute atomic E-state index is 0. The molecule has 0 aromatic heterocycles. The van der Waals surface area contributed by atoms with Crippen molar-refractivity contribution in [1.82, 2.24) is 6.15 Å². The highest BCUT2D eigenvalue weighted by atomic mass is 16.2. The van der Waals surface area contributed by atoms with Gasteiger partial charge in [0, 0.05) is 0 Å². The molecule has 5 N–H and O–H groups in total. The molecule has 0 aromatic carbocycles. The second-order valence-corrected chi connectivity index (χ2v) is 0.200. The normalized spacial score (nSPS) is 2.00. The molecule has 0 aromatic rings. The van der Waals surface area contributed by atoms with Crippen LogP contribution in [0.25, 0.3) is 0 Å². The molecule has 0 amide bonds. The lowest BCUT2D eigenvalue weighted by molar-refractivity contribution is 0.502. The second kappa shape index (κ2) is 195. The fourth-order valence-corrected chi connectivity index (χ4v) is 0. The van der Waals surface area contributed by atoms with E-state index in [0.717, 1.165) is 12.5 Å². The first-order chi connectivity index (χ1) is 2.83. The maximum Gasteiger partial charge on any atom is 0.283 e. The van der Waals surface area contributed by atoms with Crippen LogP contribution in [-0.2, 0) is 0 Å². The molecule has 0 atom stereocenters. The Balaban J connectivity index is -0.0000000400. The van der Waals surface area contributed by atoms with Gasteiger partial charge in [-0.15, -0.1) is 0 Å². The third-order valence-corrected chi connectivity index (χ3v) is 0. The zero-order valence-electron chi connectivity index (χ0n) is 3.50. The van der Waals surface area contributed by atoms with Gasteiger partial charge in [-0.1, -0.05) is 0 Å². The summed E-state index contributed by atoms with van der Waals surface area (Å²) in [5.41, 5.74) is 0. The molecule has 0 saturated carbocycles. The fourth-order valence-electron chi connectivity index (χ4n) is 0. The van der Waals surface area contributed by atoms with E-state index in [9.17, 15) is 0 Å². The van der Waals surface area contributed by atoms with Crippen molar-refractivity contribution in [2.75, 3.05) is 0 Å². The monoisotopic (exact) mass is 103 g/mol. The molecular formula is C2H5N3O2. The smallest absolute Gasteiger partial charge is 0.283 e. The number of rotatable bonds is 0. The number of nitrogens with zero attached hydrogens (tertiary/aromatic N) is 2. The van der Waals surface area contributed by atoms with E-state index in [4.69, 9.17) is 20.7 Å². The van der Waals surface area contributed by atoms with Gasteiger partial charge < -0.3 is 16.4 Å². The van der Waals surface area contributed by atoms with Gasteiger partial charge in [0.1, 0.15) is 0 Å². The average Bonchev–Trinajstić information content (AvgIpc) is 1.39. The number of aliphatic hydroxyl groups excluding tert-OH is 2. The van der Waals surface area contributed by atoms with Gasteiger partial charge >= 0.3 is 0 Å². The Bertz CT molecular complexity index is 65.9. The molecule has 0 aliphatic heterocycles. The zero-order valence-corrected chi connectivity index (χ0v) is 3.50. The van der Waals surface area contributed by atoms with Crippen LogP contribution < -0.4 is 6.15 Å². The van der Waals surface area contributed by atoms with Crippen LogP contribution in [0, 0.1) is 23.0 Å². The van der Waals surface area contributed by atoms with Crippen LogP contribution in [0.2, 0.25) is 0 Å². The van der Waals surface area contributed by atoms with E-state index in [2.05, 4.69) is 0 Å². The van der Waals surface area contributed by atoms with Gasteiger partial charge in [0.2, 0.25) is 0 Å². The summed E-state index contributed by atoms with van der Waals surface area (Å²) in [5.74, 6) is 0. The quantitative estimate of drug-likeness (QED) is 0.367. The minimum Gasteiger partial charge on any atom is -0.443 e. The van der Waals surface area contributed by atoms with Gasteiger partial charge in [0.25, 0.3) is 12.5 Å². The molecule has 5 heteroatoms. The standard InChI is InChI=1S/2CHNO.H3N/c2*2-1-3;/h2*3H;1H3. The van der Waals surface area contributed by atoms with Gasteiger partial charge in [0.15, 0.2) is 0 Å². The van der Waals surface area contributed by atoms with Crippen molar-refractivity contribution in [3.05, 3.63) is 0 Å². The zero-order chi connectivity index (χ0) is 5.41. The van der Waals surface area contributed by atoms with E-state index < -0.39 is 0 Å². The maximum absolute atomic E-state index is 6.88. The molecule has 0 spiro atoms. The van der Waals surface area contributed by atoms with E-state index >= 15 is 0 Å². The van der Waals surface area contributed by atoms with Crippen LogP contribution in [0.15, 0.2) is 0 Å². The molecule has 0 saturated heterocycles. The predicted molar refractivity (Wildman–Crippen MR) is 20.1 cm³/mol. The fraction of sp³-hybridized carbons (Fsp3) is 0. The molecule has 5 nitrogen and oxygen atoms in total. The molecule has 0 aliphatic carbocycles. The lowest BCUT2D eigenvalue weighted by atomic mass is 11.6. The van der Waals surface area contributed by atoms with Crippen LogP contribution in [0.3, 0.4) is 0 Å². The molecule has 7 heavy (non-hydrogen) atoms. The summed E-state index contributed by atoms with van der Waals surface area (Å²) >= 11 is 0. The highest BCUT2D eigenvalue weighted by Crippen LogP contribution is 1.06. The summed E-state index contributed by atoms with van der Waals surface area (Å²) in [6.07, 6.45) is 1.50. The summed E-state index contributed by atoms with van der Waals surface area (Å²) in [6.45, 7) is 0. The first kappa shape index (κ1) is 17.7. The Morgan fingerprint density at radius 2 is 1.00 bits per heavy atom. The summed E-state index contributed by atoms with van der Waals surface area (Å²) in [4.78, 5) is 0. The van der Waals surface area contributed by atoms with Crippen molar-refractivity contribution in [1.29, 1.82) is 10.5 Å². The van der Waals surface area contributed by atoms with E-state index in [0.29, 0.717) is 0 Å². The molecule has 0 bridgehead atoms. The summed E-state index contributed by atoms with van der Waals surface area (Å²) in [6, 6.07) is 0. The van der Waals surface area contributed by atoms with E-state index in [1.807, 2.05) is 0 Å². The van der Waals surface area contributed by atoms with Crippen molar-refractivity contribution in [2.45, 2.75) is 0 Å². The van der Waals surface area contributed by atoms with Crippen molar-refractivity contribution < 1.29 is 10.2 Å². The van der Waals surface area contributed by atoms with Crippen molar-refractivity contribution in [2.24, 2.45) is 0 Å². The summed E-state index contributed by atoms with van der Waals surface area (Å²) in [7, 11) is 0. The van der Waals surface area contributed by atoms with Crippen LogP contribution in [0.5, 0.6) is 0 Å². The van der Waals surface area contributed by atoms with Crippen LogP contribution >= 0.6 is 0 Å².